The molecule has 4 rings (SSSR count). The Balaban J connectivity index is 1.81. The van der Waals surface area contributed by atoms with Crippen LogP contribution >= 0.6 is 0 Å². The zero-order valence-electron chi connectivity index (χ0n) is 15.2. The van der Waals surface area contributed by atoms with Crippen molar-refractivity contribution < 1.29 is 19.8 Å². The molecule has 3 aromatic rings. The first-order valence-electron chi connectivity index (χ1n) is 9.29. The third-order valence-electron chi connectivity index (χ3n) is 5.21. The van der Waals surface area contributed by atoms with Crippen LogP contribution in [0.5, 0.6) is 0 Å². The molecule has 6 nitrogen and oxygen atoms in total. The smallest absolute Gasteiger partial charge is 0.335 e. The predicted molar refractivity (Wildman–Crippen MR) is 106 cm³/mol. The van der Waals surface area contributed by atoms with Gasteiger partial charge in [-0.2, -0.15) is 0 Å². The fourth-order valence-electron chi connectivity index (χ4n) is 3.88. The van der Waals surface area contributed by atoms with Gasteiger partial charge in [0.05, 0.1) is 16.6 Å². The summed E-state index contributed by atoms with van der Waals surface area (Å²) in [6.07, 6.45) is 7.17. The van der Waals surface area contributed by atoms with Gasteiger partial charge in [-0.1, -0.05) is 37.1 Å². The molecule has 0 unspecified atom stereocenters. The number of hydrogen-bond donors (Lipinski definition) is 2. The van der Waals surface area contributed by atoms with Gasteiger partial charge in [0.15, 0.2) is 0 Å². The monoisotopic (exact) mass is 376 g/mol. The highest BCUT2D eigenvalue weighted by molar-refractivity contribution is 5.93. The number of aromatic carboxylic acids is 1. The lowest BCUT2D eigenvalue weighted by atomic mass is 10.1. The molecular weight excluding hydrogens is 356 g/mol. The molecule has 1 fully saturated rings. The van der Waals surface area contributed by atoms with Crippen molar-refractivity contribution in [3.8, 4) is 11.4 Å². The number of aromatic nitrogens is 2. The molecular formula is C22H20N2O4. The molecule has 1 saturated carbocycles. The fraction of sp³-hybridized carbons (Fsp3) is 0.227. The topological polar surface area (TPSA) is 92.4 Å². The van der Waals surface area contributed by atoms with Crippen molar-refractivity contribution in [2.75, 3.05) is 0 Å². The van der Waals surface area contributed by atoms with Gasteiger partial charge in [-0.25, -0.2) is 14.6 Å². The van der Waals surface area contributed by atoms with E-state index in [0.717, 1.165) is 41.4 Å². The van der Waals surface area contributed by atoms with Crippen LogP contribution in [0.25, 0.3) is 28.5 Å². The molecule has 28 heavy (non-hydrogen) atoms. The molecule has 0 amide bonds. The van der Waals surface area contributed by atoms with E-state index in [1.165, 1.54) is 12.8 Å². The maximum Gasteiger partial charge on any atom is 0.335 e. The SMILES string of the molecule is O=C(O)C=Cc1ccc(-c2nc3cc(C(=O)O)ccc3n2C2CCCC2)cc1. The number of fused-ring (bicyclic) bond motifs is 1. The van der Waals surface area contributed by atoms with E-state index in [0.29, 0.717) is 11.6 Å². The summed E-state index contributed by atoms with van der Waals surface area (Å²) in [5.41, 5.74) is 3.57. The summed E-state index contributed by atoms with van der Waals surface area (Å²) < 4.78 is 2.23. The molecule has 1 aromatic heterocycles. The Hall–Kier alpha value is -3.41. The van der Waals surface area contributed by atoms with E-state index in [2.05, 4.69) is 4.57 Å². The number of carboxylic acids is 2. The Morgan fingerprint density at radius 1 is 1.04 bits per heavy atom. The molecule has 2 N–H and O–H groups in total. The van der Waals surface area contributed by atoms with Crippen molar-refractivity contribution in [3.05, 3.63) is 59.7 Å². The summed E-state index contributed by atoms with van der Waals surface area (Å²) in [5.74, 6) is -1.13. The predicted octanol–water partition coefficient (Wildman–Crippen LogP) is 4.61. The highest BCUT2D eigenvalue weighted by atomic mass is 16.4. The number of rotatable bonds is 5. The van der Waals surface area contributed by atoms with Crippen LogP contribution in [0.15, 0.2) is 48.5 Å². The van der Waals surface area contributed by atoms with Crippen LogP contribution in [-0.2, 0) is 4.79 Å². The van der Waals surface area contributed by atoms with E-state index < -0.39 is 11.9 Å². The Morgan fingerprint density at radius 3 is 2.39 bits per heavy atom. The second-order valence-electron chi connectivity index (χ2n) is 7.05. The van der Waals surface area contributed by atoms with Crippen LogP contribution in [0.1, 0.15) is 47.6 Å². The van der Waals surface area contributed by atoms with Gasteiger partial charge < -0.3 is 14.8 Å². The van der Waals surface area contributed by atoms with E-state index in [4.69, 9.17) is 10.1 Å². The average Bonchev–Trinajstić information content (AvgIpc) is 3.33. The summed E-state index contributed by atoms with van der Waals surface area (Å²) in [6, 6.07) is 13.0. The second-order valence-corrected chi connectivity index (χ2v) is 7.05. The Labute approximate surface area is 161 Å². The fourth-order valence-corrected chi connectivity index (χ4v) is 3.88. The summed E-state index contributed by atoms with van der Waals surface area (Å²) in [6.45, 7) is 0. The van der Waals surface area contributed by atoms with Crippen LogP contribution in [0.4, 0.5) is 0 Å². The third-order valence-corrected chi connectivity index (χ3v) is 5.21. The molecule has 142 valence electrons. The molecule has 0 bridgehead atoms. The van der Waals surface area contributed by atoms with Crippen LogP contribution in [0.3, 0.4) is 0 Å². The number of nitrogens with zero attached hydrogens (tertiary/aromatic N) is 2. The van der Waals surface area contributed by atoms with Gasteiger partial charge in [0.25, 0.3) is 0 Å². The zero-order valence-corrected chi connectivity index (χ0v) is 15.2. The number of benzene rings is 2. The number of aliphatic carboxylic acids is 1. The van der Waals surface area contributed by atoms with Crippen LogP contribution in [0, 0.1) is 0 Å². The molecule has 2 aromatic carbocycles. The molecule has 0 radical (unpaired) electrons. The van der Waals surface area contributed by atoms with E-state index in [-0.39, 0.29) is 5.56 Å². The van der Waals surface area contributed by atoms with Crippen molar-refractivity contribution >= 4 is 29.0 Å². The lowest BCUT2D eigenvalue weighted by Gasteiger charge is -2.16. The minimum atomic E-state index is -0.985. The largest absolute Gasteiger partial charge is 0.478 e. The van der Waals surface area contributed by atoms with Crippen LogP contribution in [-0.4, -0.2) is 31.7 Å². The van der Waals surface area contributed by atoms with Gasteiger partial charge >= 0.3 is 11.9 Å². The normalized spacial score (nSPS) is 14.9. The van der Waals surface area contributed by atoms with Crippen molar-refractivity contribution in [3.63, 3.8) is 0 Å². The number of hydrogen-bond acceptors (Lipinski definition) is 3. The van der Waals surface area contributed by atoms with Gasteiger partial charge in [0.2, 0.25) is 0 Å². The van der Waals surface area contributed by atoms with Gasteiger partial charge in [0.1, 0.15) is 5.82 Å². The van der Waals surface area contributed by atoms with Crippen molar-refractivity contribution in [2.45, 2.75) is 31.7 Å². The molecule has 0 saturated heterocycles. The minimum absolute atomic E-state index is 0.226. The highest BCUT2D eigenvalue weighted by Crippen LogP contribution is 2.37. The third kappa shape index (κ3) is 3.41. The summed E-state index contributed by atoms with van der Waals surface area (Å²) in [5, 5.41) is 18.1. The first-order valence-corrected chi connectivity index (χ1v) is 9.29. The number of carbonyl (C=O) groups is 2. The molecule has 1 aliphatic carbocycles. The zero-order chi connectivity index (χ0) is 19.7. The lowest BCUT2D eigenvalue weighted by molar-refractivity contribution is -0.131. The van der Waals surface area contributed by atoms with Crippen molar-refractivity contribution in [2.24, 2.45) is 0 Å². The maximum absolute atomic E-state index is 11.3. The molecule has 1 aliphatic rings. The first kappa shape index (κ1) is 18.0. The first-order chi connectivity index (χ1) is 13.5. The molecule has 0 atom stereocenters. The summed E-state index contributed by atoms with van der Waals surface area (Å²) in [7, 11) is 0. The minimum Gasteiger partial charge on any atom is -0.478 e. The van der Waals surface area contributed by atoms with E-state index in [9.17, 15) is 14.7 Å². The Kier molecular flexibility index (Phi) is 4.69. The molecule has 6 heteroatoms. The average molecular weight is 376 g/mol. The summed E-state index contributed by atoms with van der Waals surface area (Å²) in [4.78, 5) is 26.8. The quantitative estimate of drug-likeness (QED) is 0.634. The molecule has 1 heterocycles. The van der Waals surface area contributed by atoms with Gasteiger partial charge in [-0.05, 0) is 42.7 Å². The van der Waals surface area contributed by atoms with Crippen LogP contribution in [0.2, 0.25) is 0 Å². The lowest BCUT2D eigenvalue weighted by Crippen LogP contribution is -2.06. The van der Waals surface area contributed by atoms with Gasteiger partial charge in [0, 0.05) is 17.7 Å². The van der Waals surface area contributed by atoms with E-state index in [1.807, 2.05) is 30.3 Å². The van der Waals surface area contributed by atoms with Crippen molar-refractivity contribution in [1.29, 1.82) is 0 Å². The molecule has 0 spiro atoms. The number of imidazole rings is 1. The van der Waals surface area contributed by atoms with E-state index >= 15 is 0 Å². The maximum atomic E-state index is 11.3. The Bertz CT molecular complexity index is 1070. The number of carboxylic acid groups (broad SMARTS) is 2. The summed E-state index contributed by atoms with van der Waals surface area (Å²) >= 11 is 0. The van der Waals surface area contributed by atoms with E-state index in [1.54, 1.807) is 18.2 Å². The Morgan fingerprint density at radius 2 is 1.75 bits per heavy atom. The van der Waals surface area contributed by atoms with Gasteiger partial charge in [-0.3, -0.25) is 0 Å². The van der Waals surface area contributed by atoms with Crippen molar-refractivity contribution in [1.82, 2.24) is 9.55 Å². The second kappa shape index (κ2) is 7.31. The standard InChI is InChI=1S/C22H20N2O4/c25-20(26)12-7-14-5-8-15(9-6-14)21-23-18-13-16(22(27)28)10-11-19(18)24(21)17-3-1-2-4-17/h5-13,17H,1-4H2,(H,25,26)(H,27,28). The molecule has 0 aliphatic heterocycles. The van der Waals surface area contributed by atoms with Gasteiger partial charge in [-0.15, -0.1) is 0 Å². The highest BCUT2D eigenvalue weighted by Gasteiger charge is 2.23. The van der Waals surface area contributed by atoms with Crippen LogP contribution < -0.4 is 0 Å².